The van der Waals surface area contributed by atoms with Crippen LogP contribution >= 0.6 is 23.1 Å². The Kier molecular flexibility index (Phi) is 6.86. The number of aromatic nitrogens is 1. The first-order valence-electron chi connectivity index (χ1n) is 11.2. The van der Waals surface area contributed by atoms with E-state index < -0.39 is 0 Å². The van der Waals surface area contributed by atoms with Crippen LogP contribution in [0.15, 0.2) is 51.1 Å². The van der Waals surface area contributed by atoms with Gasteiger partial charge in [0.15, 0.2) is 5.78 Å². The van der Waals surface area contributed by atoms with Gasteiger partial charge in [0.1, 0.15) is 5.82 Å². The fraction of sp³-hybridized carbons (Fsp3) is 0.400. The van der Waals surface area contributed by atoms with Crippen LogP contribution in [0.5, 0.6) is 0 Å². The van der Waals surface area contributed by atoms with Crippen LogP contribution in [0, 0.1) is 6.92 Å². The number of amides is 1. The molecule has 32 heavy (non-hydrogen) atoms. The van der Waals surface area contributed by atoms with Gasteiger partial charge in [-0.25, -0.2) is 4.98 Å². The third kappa shape index (κ3) is 4.41. The van der Waals surface area contributed by atoms with Crippen molar-refractivity contribution in [3.63, 3.8) is 0 Å². The third-order valence-electron chi connectivity index (χ3n) is 5.89. The first kappa shape index (κ1) is 22.8. The Labute approximate surface area is 197 Å². The predicted molar refractivity (Wildman–Crippen MR) is 132 cm³/mol. The van der Waals surface area contributed by atoms with Crippen molar-refractivity contribution in [2.45, 2.75) is 63.5 Å². The average Bonchev–Trinajstić information content (AvgIpc) is 3.16. The summed E-state index contributed by atoms with van der Waals surface area (Å²) >= 11 is 3.57. The summed E-state index contributed by atoms with van der Waals surface area (Å²) in [6, 6.07) is 5.96. The number of carbonyl (C=O) groups is 2. The van der Waals surface area contributed by atoms with E-state index in [1.54, 1.807) is 29.3 Å². The molecule has 1 amide bonds. The van der Waals surface area contributed by atoms with E-state index in [4.69, 9.17) is 0 Å². The van der Waals surface area contributed by atoms with E-state index in [9.17, 15) is 9.59 Å². The molecular weight excluding hydrogens is 438 g/mol. The molecule has 1 atom stereocenters. The number of Topliss-reactive ketones (excluding diaryl/α,β-unsaturated/α-hetero) is 1. The van der Waals surface area contributed by atoms with E-state index in [1.807, 2.05) is 26.0 Å². The van der Waals surface area contributed by atoms with Crippen molar-refractivity contribution in [1.82, 2.24) is 10.3 Å². The molecule has 1 aliphatic heterocycles. The summed E-state index contributed by atoms with van der Waals surface area (Å²) in [7, 11) is 0. The van der Waals surface area contributed by atoms with Gasteiger partial charge in [-0.3, -0.25) is 9.59 Å². The van der Waals surface area contributed by atoms with Crippen LogP contribution in [0.4, 0.5) is 5.82 Å². The minimum Gasteiger partial charge on any atom is -0.362 e. The van der Waals surface area contributed by atoms with E-state index >= 15 is 0 Å². The van der Waals surface area contributed by atoms with Crippen LogP contribution in [0.1, 0.15) is 62.0 Å². The van der Waals surface area contributed by atoms with Crippen molar-refractivity contribution in [2.24, 2.45) is 0 Å². The summed E-state index contributed by atoms with van der Waals surface area (Å²) in [6.45, 7) is 8.19. The molecule has 2 aromatic heterocycles. The van der Waals surface area contributed by atoms with Gasteiger partial charge < -0.3 is 10.6 Å². The monoisotopic (exact) mass is 467 g/mol. The number of carbonyl (C=O) groups excluding carboxylic acids is 2. The Morgan fingerprint density at radius 1 is 1.28 bits per heavy atom. The van der Waals surface area contributed by atoms with E-state index in [-0.39, 0.29) is 17.6 Å². The molecule has 4 rings (SSSR count). The highest BCUT2D eigenvalue weighted by Gasteiger charge is 2.40. The molecule has 0 radical (unpaired) electrons. The Morgan fingerprint density at radius 2 is 2.09 bits per heavy atom. The number of pyridine rings is 1. The van der Waals surface area contributed by atoms with Gasteiger partial charge in [-0.1, -0.05) is 13.8 Å². The molecule has 0 fully saturated rings. The zero-order valence-corrected chi connectivity index (χ0v) is 20.6. The number of thioether (sulfide) groups is 1. The molecule has 3 heterocycles. The van der Waals surface area contributed by atoms with Gasteiger partial charge in [0.25, 0.3) is 5.91 Å². The van der Waals surface area contributed by atoms with Gasteiger partial charge in [0, 0.05) is 46.0 Å². The Balaban J connectivity index is 1.83. The lowest BCUT2D eigenvalue weighted by atomic mass is 9.75. The molecule has 1 aliphatic carbocycles. The van der Waals surface area contributed by atoms with Crippen LogP contribution in [-0.2, 0) is 16.0 Å². The number of rotatable bonds is 6. The first-order chi connectivity index (χ1) is 15.4. The van der Waals surface area contributed by atoms with Crippen LogP contribution in [0.25, 0.3) is 0 Å². The zero-order chi connectivity index (χ0) is 22.8. The molecule has 2 aliphatic rings. The number of dihydropyridines is 1. The Morgan fingerprint density at radius 3 is 2.81 bits per heavy atom. The quantitative estimate of drug-likeness (QED) is 0.531. The number of allylic oxidation sites excluding steroid dienone is 3. The fourth-order valence-corrected chi connectivity index (χ4v) is 6.82. The zero-order valence-electron chi connectivity index (χ0n) is 19.0. The van der Waals surface area contributed by atoms with Gasteiger partial charge >= 0.3 is 0 Å². The molecule has 0 saturated heterocycles. The molecule has 7 heteroatoms. The molecule has 168 valence electrons. The number of hydrogen-bond donors (Lipinski definition) is 2. The van der Waals surface area contributed by atoms with Crippen molar-refractivity contribution in [3.8, 4) is 0 Å². The lowest BCUT2D eigenvalue weighted by Crippen LogP contribution is -2.35. The normalized spacial score (nSPS) is 18.5. The van der Waals surface area contributed by atoms with E-state index in [1.165, 1.54) is 9.09 Å². The second kappa shape index (κ2) is 9.63. The topological polar surface area (TPSA) is 71.1 Å². The Bertz CT molecular complexity index is 1130. The minimum atomic E-state index is -0.352. The van der Waals surface area contributed by atoms with Gasteiger partial charge in [-0.2, -0.15) is 0 Å². The minimum absolute atomic E-state index is 0.145. The molecule has 0 saturated carbocycles. The lowest BCUT2D eigenvalue weighted by Gasteiger charge is -2.34. The van der Waals surface area contributed by atoms with Crippen molar-refractivity contribution < 1.29 is 9.59 Å². The maximum absolute atomic E-state index is 13.6. The largest absolute Gasteiger partial charge is 0.362 e. The fourth-order valence-electron chi connectivity index (χ4n) is 4.44. The summed E-state index contributed by atoms with van der Waals surface area (Å²) < 4.78 is 1.20. The number of thiophene rings is 1. The molecule has 0 spiro atoms. The number of aryl methyl sites for hydroxylation is 2. The van der Waals surface area contributed by atoms with Crippen LogP contribution in [-0.4, -0.2) is 22.4 Å². The van der Waals surface area contributed by atoms with E-state index in [0.717, 1.165) is 53.1 Å². The number of hydrogen-bond acceptors (Lipinski definition) is 6. The number of nitrogens with zero attached hydrogens (tertiary/aromatic N) is 1. The van der Waals surface area contributed by atoms with Crippen molar-refractivity contribution in [3.05, 3.63) is 62.9 Å². The van der Waals surface area contributed by atoms with Crippen molar-refractivity contribution >= 4 is 40.6 Å². The average molecular weight is 468 g/mol. The molecule has 0 bridgehead atoms. The smallest absolute Gasteiger partial charge is 0.255 e. The standard InChI is InChI=1S/C25H29N3O2S2/c1-5-16-13-17(25(32-16)31-6-2)22-21(24(30)28-20-12-14(3)10-11-26-20)15(4)27-18-8-7-9-19(29)23(18)22/h10-13,22,27H,5-9H2,1-4H3,(H,26,28,30)/t22-/m0/s1. The van der Waals surface area contributed by atoms with Crippen molar-refractivity contribution in [1.29, 1.82) is 0 Å². The summed E-state index contributed by atoms with van der Waals surface area (Å²) in [4.78, 5) is 32.4. The molecule has 2 N–H and O–H groups in total. The maximum Gasteiger partial charge on any atom is 0.255 e. The summed E-state index contributed by atoms with van der Waals surface area (Å²) in [6.07, 6.45) is 4.84. The summed E-state index contributed by atoms with van der Waals surface area (Å²) in [5, 5.41) is 6.38. The second-order valence-corrected chi connectivity index (χ2v) is 10.8. The van der Waals surface area contributed by atoms with E-state index in [0.29, 0.717) is 17.8 Å². The van der Waals surface area contributed by atoms with Gasteiger partial charge in [-0.15, -0.1) is 23.1 Å². The highest BCUT2D eigenvalue weighted by atomic mass is 32.2. The number of nitrogens with one attached hydrogen (secondary N) is 2. The van der Waals surface area contributed by atoms with Crippen LogP contribution in [0.3, 0.4) is 0 Å². The molecule has 2 aromatic rings. The van der Waals surface area contributed by atoms with Gasteiger partial charge in [0.2, 0.25) is 0 Å². The number of anilines is 1. The lowest BCUT2D eigenvalue weighted by molar-refractivity contribution is -0.116. The number of ketones is 1. The second-order valence-electron chi connectivity index (χ2n) is 8.18. The maximum atomic E-state index is 13.6. The summed E-state index contributed by atoms with van der Waals surface area (Å²) in [5.74, 6) is 1.05. The molecule has 5 nitrogen and oxygen atoms in total. The highest BCUT2D eigenvalue weighted by molar-refractivity contribution is 8.01. The third-order valence-corrected chi connectivity index (χ3v) is 8.37. The van der Waals surface area contributed by atoms with Gasteiger partial charge in [0.05, 0.1) is 4.21 Å². The van der Waals surface area contributed by atoms with Crippen LogP contribution in [0.2, 0.25) is 0 Å². The predicted octanol–water partition coefficient (Wildman–Crippen LogP) is 5.73. The van der Waals surface area contributed by atoms with Crippen molar-refractivity contribution in [2.75, 3.05) is 11.1 Å². The van der Waals surface area contributed by atoms with Gasteiger partial charge in [-0.05, 0) is 68.2 Å². The van der Waals surface area contributed by atoms with E-state index in [2.05, 4.69) is 35.5 Å². The first-order valence-corrected chi connectivity index (χ1v) is 13.0. The molecule has 0 aromatic carbocycles. The molecular formula is C25H29N3O2S2. The SMILES string of the molecule is CCSc1sc(CC)cc1[C@H]1C(C(=O)Nc2cc(C)ccn2)=C(C)NC2=C1C(=O)CCC2. The molecule has 0 unspecified atom stereocenters. The van der Waals surface area contributed by atoms with Crippen LogP contribution < -0.4 is 10.6 Å². The Hall–Kier alpha value is -2.38. The highest BCUT2D eigenvalue weighted by Crippen LogP contribution is 2.47. The summed E-state index contributed by atoms with van der Waals surface area (Å²) in [5.41, 5.74) is 5.28.